The van der Waals surface area contributed by atoms with Crippen molar-refractivity contribution in [1.29, 1.82) is 0 Å². The topological polar surface area (TPSA) is 29.8 Å². The Morgan fingerprint density at radius 3 is 1.25 bits per heavy atom. The molecular formula is C37H53O3+. The summed E-state index contributed by atoms with van der Waals surface area (Å²) >= 11 is 0. The molecule has 0 aliphatic rings. The third-order valence-corrected chi connectivity index (χ3v) is 7.49. The molecule has 3 rings (SSSR count). The molecule has 3 nitrogen and oxygen atoms in total. The number of ether oxygens (including phenoxy) is 2. The first kappa shape index (κ1) is 31.7. The Labute approximate surface area is 244 Å². The summed E-state index contributed by atoms with van der Waals surface area (Å²) in [6.07, 6.45) is 20.9. The van der Waals surface area contributed by atoms with Crippen molar-refractivity contribution in [2.45, 2.75) is 117 Å². The van der Waals surface area contributed by atoms with Gasteiger partial charge in [0.25, 0.3) is 0 Å². The SMILES string of the molecule is CCCCCCCCCCOc1cccc(-c2cccc(-c3cccc(OCCCCCCCCCC)c3)[o+]2)c1. The minimum Gasteiger partial charge on any atom is -0.494 e. The Morgan fingerprint density at radius 1 is 0.450 bits per heavy atom. The molecule has 0 saturated carbocycles. The minimum atomic E-state index is 0.765. The summed E-state index contributed by atoms with van der Waals surface area (Å²) in [6, 6.07) is 22.6. The van der Waals surface area contributed by atoms with E-state index in [1.54, 1.807) is 0 Å². The quantitative estimate of drug-likeness (QED) is 0.0928. The summed E-state index contributed by atoms with van der Waals surface area (Å²) in [5, 5.41) is 0. The summed E-state index contributed by atoms with van der Waals surface area (Å²) < 4.78 is 18.5. The van der Waals surface area contributed by atoms with E-state index in [0.29, 0.717) is 0 Å². The zero-order valence-corrected chi connectivity index (χ0v) is 25.3. The Morgan fingerprint density at radius 2 is 0.825 bits per heavy atom. The molecular weight excluding hydrogens is 492 g/mol. The molecule has 0 aliphatic carbocycles. The molecule has 3 aromatic rings. The van der Waals surface area contributed by atoms with Crippen LogP contribution in [0.2, 0.25) is 0 Å². The fourth-order valence-corrected chi connectivity index (χ4v) is 5.05. The first-order chi connectivity index (χ1) is 19.8. The second kappa shape index (κ2) is 20.1. The van der Waals surface area contributed by atoms with Crippen molar-refractivity contribution in [2.24, 2.45) is 0 Å². The van der Waals surface area contributed by atoms with Gasteiger partial charge in [0.05, 0.1) is 24.3 Å². The predicted octanol–water partition coefficient (Wildman–Crippen LogP) is 11.9. The van der Waals surface area contributed by atoms with Crippen molar-refractivity contribution < 1.29 is 13.9 Å². The fraction of sp³-hybridized carbons (Fsp3) is 0.541. The Balaban J connectivity index is 1.45. The smallest absolute Gasteiger partial charge is 0.360 e. The van der Waals surface area contributed by atoms with E-state index in [1.165, 1.54) is 89.9 Å². The van der Waals surface area contributed by atoms with E-state index in [4.69, 9.17) is 13.9 Å². The first-order valence-corrected chi connectivity index (χ1v) is 16.2. The molecule has 218 valence electrons. The molecule has 1 heterocycles. The van der Waals surface area contributed by atoms with Crippen LogP contribution in [0.4, 0.5) is 0 Å². The van der Waals surface area contributed by atoms with Gasteiger partial charge in [-0.25, -0.2) is 4.42 Å². The monoisotopic (exact) mass is 545 g/mol. The van der Waals surface area contributed by atoms with Gasteiger partial charge in [0.2, 0.25) is 0 Å². The van der Waals surface area contributed by atoms with Crippen molar-refractivity contribution in [2.75, 3.05) is 13.2 Å². The Kier molecular flexibility index (Phi) is 16.0. The standard InChI is InChI=1S/C37H53O3/c1-3-5-7-9-11-13-15-17-28-38-34-24-19-22-32(30-34)36-26-21-27-37(40-36)33-23-20-25-35(31-33)39-29-18-16-14-12-10-8-6-4-2/h19-27,30-31H,3-18,28-29H2,1-2H3/q+1. The van der Waals surface area contributed by atoms with Crippen LogP contribution in [0.3, 0.4) is 0 Å². The molecule has 0 aliphatic heterocycles. The average molecular weight is 546 g/mol. The number of hydrogen-bond acceptors (Lipinski definition) is 2. The average Bonchev–Trinajstić information content (AvgIpc) is 3.00. The highest BCUT2D eigenvalue weighted by Crippen LogP contribution is 2.30. The first-order valence-electron chi connectivity index (χ1n) is 16.2. The minimum absolute atomic E-state index is 0.765. The molecule has 1 aromatic heterocycles. The van der Waals surface area contributed by atoms with Gasteiger partial charge in [-0.3, -0.25) is 0 Å². The van der Waals surface area contributed by atoms with Crippen LogP contribution in [0.1, 0.15) is 117 Å². The van der Waals surface area contributed by atoms with Crippen LogP contribution in [0.15, 0.2) is 71.1 Å². The second-order valence-electron chi connectivity index (χ2n) is 11.1. The van der Waals surface area contributed by atoms with Crippen LogP contribution in [-0.4, -0.2) is 13.2 Å². The van der Waals surface area contributed by atoms with Crippen LogP contribution in [0, 0.1) is 0 Å². The van der Waals surface area contributed by atoms with Gasteiger partial charge in [0.15, 0.2) is 0 Å². The van der Waals surface area contributed by atoms with Crippen molar-refractivity contribution in [1.82, 2.24) is 0 Å². The molecule has 0 saturated heterocycles. The van der Waals surface area contributed by atoms with E-state index in [9.17, 15) is 0 Å². The highest BCUT2D eigenvalue weighted by Gasteiger charge is 2.18. The van der Waals surface area contributed by atoms with E-state index < -0.39 is 0 Å². The maximum Gasteiger partial charge on any atom is 0.360 e. The molecule has 3 heteroatoms. The van der Waals surface area contributed by atoms with E-state index >= 15 is 0 Å². The third kappa shape index (κ3) is 12.6. The van der Waals surface area contributed by atoms with Gasteiger partial charge in [-0.2, -0.15) is 0 Å². The molecule has 40 heavy (non-hydrogen) atoms. The Hall–Kier alpha value is -2.81. The third-order valence-electron chi connectivity index (χ3n) is 7.49. The van der Waals surface area contributed by atoms with Gasteiger partial charge in [0, 0.05) is 12.1 Å². The normalized spacial score (nSPS) is 11.1. The van der Waals surface area contributed by atoms with Crippen molar-refractivity contribution >= 4 is 0 Å². The van der Waals surface area contributed by atoms with Crippen molar-refractivity contribution in [3.63, 3.8) is 0 Å². The van der Waals surface area contributed by atoms with Gasteiger partial charge < -0.3 is 9.47 Å². The van der Waals surface area contributed by atoms with Crippen molar-refractivity contribution in [3.05, 3.63) is 66.7 Å². The van der Waals surface area contributed by atoms with Gasteiger partial charge in [-0.15, -0.1) is 0 Å². The zero-order chi connectivity index (χ0) is 28.1. The number of unbranched alkanes of at least 4 members (excludes halogenated alkanes) is 14. The van der Waals surface area contributed by atoms with Crippen LogP contribution in [-0.2, 0) is 0 Å². The zero-order valence-electron chi connectivity index (χ0n) is 25.3. The molecule has 0 N–H and O–H groups in total. The summed E-state index contributed by atoms with van der Waals surface area (Å²) in [6.45, 7) is 6.07. The summed E-state index contributed by atoms with van der Waals surface area (Å²) in [4.78, 5) is 0. The molecule has 2 aromatic carbocycles. The number of benzene rings is 2. The van der Waals surface area contributed by atoms with Crippen molar-refractivity contribution in [3.8, 4) is 34.1 Å². The Bertz CT molecular complexity index is 980. The molecule has 0 atom stereocenters. The molecule has 0 bridgehead atoms. The maximum atomic E-state index is 6.34. The second-order valence-corrected chi connectivity index (χ2v) is 11.1. The molecule has 0 amide bonds. The lowest BCUT2D eigenvalue weighted by atomic mass is 10.1. The maximum absolute atomic E-state index is 6.34. The van der Waals surface area contributed by atoms with E-state index in [-0.39, 0.29) is 0 Å². The van der Waals surface area contributed by atoms with Gasteiger partial charge >= 0.3 is 11.5 Å². The summed E-state index contributed by atoms with van der Waals surface area (Å²) in [5.74, 6) is 3.47. The van der Waals surface area contributed by atoms with E-state index in [2.05, 4.69) is 44.2 Å². The van der Waals surface area contributed by atoms with E-state index in [0.717, 1.165) is 60.2 Å². The summed E-state index contributed by atoms with van der Waals surface area (Å²) in [7, 11) is 0. The lowest BCUT2D eigenvalue weighted by Gasteiger charge is -2.07. The highest BCUT2D eigenvalue weighted by atomic mass is 16.5. The number of hydrogen-bond donors (Lipinski definition) is 0. The number of rotatable bonds is 22. The fourth-order valence-electron chi connectivity index (χ4n) is 5.05. The van der Waals surface area contributed by atoms with Gasteiger partial charge in [-0.05, 0) is 55.3 Å². The lowest BCUT2D eigenvalue weighted by molar-refractivity contribution is 0.304. The van der Waals surface area contributed by atoms with Gasteiger partial charge in [-0.1, -0.05) is 116 Å². The predicted molar refractivity (Wildman–Crippen MR) is 170 cm³/mol. The molecule has 0 unspecified atom stereocenters. The van der Waals surface area contributed by atoms with Crippen LogP contribution >= 0.6 is 0 Å². The van der Waals surface area contributed by atoms with Gasteiger partial charge in [0.1, 0.15) is 11.5 Å². The summed E-state index contributed by atoms with van der Waals surface area (Å²) in [5.41, 5.74) is 2.05. The largest absolute Gasteiger partial charge is 0.494 e. The molecule has 0 radical (unpaired) electrons. The molecule has 0 spiro atoms. The van der Waals surface area contributed by atoms with Crippen LogP contribution in [0.5, 0.6) is 11.5 Å². The lowest BCUT2D eigenvalue weighted by Crippen LogP contribution is -1.97. The van der Waals surface area contributed by atoms with Crippen LogP contribution in [0.25, 0.3) is 22.6 Å². The van der Waals surface area contributed by atoms with Crippen LogP contribution < -0.4 is 9.47 Å². The van der Waals surface area contributed by atoms with E-state index in [1.807, 2.05) is 36.4 Å². The molecule has 0 fully saturated rings. The highest BCUT2D eigenvalue weighted by molar-refractivity contribution is 5.64.